The van der Waals surface area contributed by atoms with E-state index in [0.717, 1.165) is 23.3 Å². The fourth-order valence-corrected chi connectivity index (χ4v) is 4.05. The lowest BCUT2D eigenvalue weighted by molar-refractivity contribution is -0.137. The van der Waals surface area contributed by atoms with Crippen molar-refractivity contribution in [2.45, 2.75) is 51.0 Å². The molecule has 1 aliphatic heterocycles. The topological polar surface area (TPSA) is 209 Å². The predicted molar refractivity (Wildman–Crippen MR) is 157 cm³/mol. The zero-order chi connectivity index (χ0) is 31.5. The summed E-state index contributed by atoms with van der Waals surface area (Å²) in [6.07, 6.45) is 5.97. The van der Waals surface area contributed by atoms with Gasteiger partial charge < -0.3 is 32.3 Å². The van der Waals surface area contributed by atoms with Crippen molar-refractivity contribution in [1.82, 2.24) is 31.5 Å². The summed E-state index contributed by atoms with van der Waals surface area (Å²) >= 11 is 0. The van der Waals surface area contributed by atoms with Crippen LogP contribution in [0.2, 0.25) is 0 Å². The molecule has 1 aromatic carbocycles. The normalized spacial score (nSPS) is 12.9. The molecule has 43 heavy (non-hydrogen) atoms. The number of hydrogen-bond acceptors (Lipinski definition) is 8. The third-order valence-corrected chi connectivity index (χ3v) is 6.39. The van der Waals surface area contributed by atoms with Crippen LogP contribution in [0, 0.1) is 0 Å². The van der Waals surface area contributed by atoms with E-state index >= 15 is 0 Å². The molecule has 14 heteroatoms. The fraction of sp³-hybridized carbons (Fsp3) is 0.483. The average Bonchev–Trinajstić information content (AvgIpc) is 3.32. The quantitative estimate of drug-likeness (QED) is 0.0758. The summed E-state index contributed by atoms with van der Waals surface area (Å²) in [5.41, 5.74) is 6.22. The number of carbonyl (C=O) groups is 7. The van der Waals surface area contributed by atoms with Crippen LogP contribution in [0.4, 0.5) is 0 Å². The van der Waals surface area contributed by atoms with Crippen LogP contribution in [0.15, 0.2) is 42.5 Å². The third kappa shape index (κ3) is 14.2. The van der Waals surface area contributed by atoms with Gasteiger partial charge in [0.15, 0.2) is 0 Å². The van der Waals surface area contributed by atoms with Gasteiger partial charge in [-0.2, -0.15) is 0 Å². The number of benzene rings is 1. The number of nitrogens with one attached hydrogen (secondary N) is 5. The highest BCUT2D eigenvalue weighted by Gasteiger charge is 2.23. The summed E-state index contributed by atoms with van der Waals surface area (Å²) in [7, 11) is 0. The first-order chi connectivity index (χ1) is 20.7. The van der Waals surface area contributed by atoms with Gasteiger partial charge in [0.1, 0.15) is 6.04 Å². The Bertz CT molecular complexity index is 1140. The zero-order valence-electron chi connectivity index (χ0n) is 24.2. The van der Waals surface area contributed by atoms with Crippen LogP contribution in [0.1, 0.15) is 44.1 Å². The van der Waals surface area contributed by atoms with Crippen LogP contribution in [0.25, 0.3) is 0 Å². The molecule has 7 N–H and O–H groups in total. The standard InChI is InChI=1S/C29H41N7O7/c30-14-6-7-15-31-24(38)19-34-29(43)22(17-21-9-3-1-4-10-21)35-26(40)20-33-25(39)18-32-23(37)11-5-2-8-16-36-27(41)12-13-28(36)42/h1,3-4,9-10,12-13,22H,2,5-8,11,14-20,30H2,(H,31,38)(H,32,37)(H,33,39)(H,34,43)(H,35,40). The second-order valence-electron chi connectivity index (χ2n) is 9.90. The van der Waals surface area contributed by atoms with E-state index < -0.39 is 30.3 Å². The minimum atomic E-state index is -0.991. The Hall–Kier alpha value is -4.59. The van der Waals surface area contributed by atoms with Gasteiger partial charge in [-0.15, -0.1) is 0 Å². The second-order valence-corrected chi connectivity index (χ2v) is 9.90. The number of nitrogens with zero attached hydrogens (tertiary/aromatic N) is 1. The molecule has 1 heterocycles. The molecular weight excluding hydrogens is 558 g/mol. The van der Waals surface area contributed by atoms with Crippen LogP contribution in [0.5, 0.6) is 0 Å². The number of imide groups is 1. The smallest absolute Gasteiger partial charge is 0.253 e. The molecule has 1 unspecified atom stereocenters. The number of unbranched alkanes of at least 4 members (excludes halogenated alkanes) is 3. The third-order valence-electron chi connectivity index (χ3n) is 6.39. The van der Waals surface area contributed by atoms with Gasteiger partial charge in [0, 0.05) is 38.1 Å². The molecular formula is C29H41N7O7. The lowest BCUT2D eigenvalue weighted by Crippen LogP contribution is -2.52. The monoisotopic (exact) mass is 599 g/mol. The van der Waals surface area contributed by atoms with Gasteiger partial charge in [0.25, 0.3) is 11.8 Å². The highest BCUT2D eigenvalue weighted by atomic mass is 16.2. The zero-order valence-corrected chi connectivity index (χ0v) is 24.2. The van der Waals surface area contributed by atoms with Crippen molar-refractivity contribution >= 4 is 41.4 Å². The summed E-state index contributed by atoms with van der Waals surface area (Å²) in [6.45, 7) is 0.251. The maximum Gasteiger partial charge on any atom is 0.253 e. The Balaban J connectivity index is 1.69. The molecule has 2 rings (SSSR count). The van der Waals surface area contributed by atoms with E-state index in [1.807, 2.05) is 6.07 Å². The number of amides is 7. The SMILES string of the molecule is NCCCCNC(=O)CNC(=O)C(Cc1ccccc1)NC(=O)CNC(=O)CNC(=O)CCCCCN1C(=O)C=CC1=O. The van der Waals surface area contributed by atoms with Crippen LogP contribution >= 0.6 is 0 Å². The van der Waals surface area contributed by atoms with Gasteiger partial charge in [0.2, 0.25) is 29.5 Å². The molecule has 234 valence electrons. The highest BCUT2D eigenvalue weighted by Crippen LogP contribution is 2.08. The molecule has 0 saturated heterocycles. The maximum absolute atomic E-state index is 12.8. The predicted octanol–water partition coefficient (Wildman–Crippen LogP) is -1.60. The Morgan fingerprint density at radius 2 is 1.33 bits per heavy atom. The first kappa shape index (κ1) is 34.6. The van der Waals surface area contributed by atoms with Gasteiger partial charge >= 0.3 is 0 Å². The summed E-state index contributed by atoms with van der Waals surface area (Å²) in [4.78, 5) is 85.7. The molecule has 14 nitrogen and oxygen atoms in total. The van der Waals surface area contributed by atoms with Gasteiger partial charge in [-0.25, -0.2) is 0 Å². The number of nitrogens with two attached hydrogens (primary N) is 1. The van der Waals surface area contributed by atoms with Crippen molar-refractivity contribution in [1.29, 1.82) is 0 Å². The Labute approximate surface area is 250 Å². The largest absolute Gasteiger partial charge is 0.355 e. The first-order valence-electron chi connectivity index (χ1n) is 14.3. The van der Waals surface area contributed by atoms with Crippen molar-refractivity contribution in [3.05, 3.63) is 48.0 Å². The van der Waals surface area contributed by atoms with E-state index in [2.05, 4.69) is 26.6 Å². The van der Waals surface area contributed by atoms with E-state index in [1.54, 1.807) is 24.3 Å². The molecule has 7 amide bonds. The summed E-state index contributed by atoms with van der Waals surface area (Å²) in [5.74, 6) is -3.15. The second kappa shape index (κ2) is 19.5. The highest BCUT2D eigenvalue weighted by molar-refractivity contribution is 6.12. The van der Waals surface area contributed by atoms with Crippen LogP contribution < -0.4 is 32.3 Å². The summed E-state index contributed by atoms with van der Waals surface area (Å²) in [5, 5.41) is 12.7. The van der Waals surface area contributed by atoms with Gasteiger partial charge in [-0.05, 0) is 37.8 Å². The van der Waals surface area contributed by atoms with Crippen molar-refractivity contribution in [2.75, 3.05) is 39.3 Å². The first-order valence-corrected chi connectivity index (χ1v) is 14.3. The minimum Gasteiger partial charge on any atom is -0.355 e. The van der Waals surface area contributed by atoms with Gasteiger partial charge in [0.05, 0.1) is 19.6 Å². The van der Waals surface area contributed by atoms with Crippen molar-refractivity contribution in [3.63, 3.8) is 0 Å². The Morgan fingerprint density at radius 1 is 0.698 bits per heavy atom. The Morgan fingerprint density at radius 3 is 2.02 bits per heavy atom. The van der Waals surface area contributed by atoms with E-state index in [4.69, 9.17) is 5.73 Å². The van der Waals surface area contributed by atoms with Crippen molar-refractivity contribution < 1.29 is 33.6 Å². The molecule has 0 radical (unpaired) electrons. The van der Waals surface area contributed by atoms with Crippen LogP contribution in [0.3, 0.4) is 0 Å². The molecule has 1 aliphatic rings. The van der Waals surface area contributed by atoms with Crippen molar-refractivity contribution in [2.24, 2.45) is 5.73 Å². The Kier molecular flexibility index (Phi) is 15.7. The molecule has 0 aromatic heterocycles. The van der Waals surface area contributed by atoms with Crippen LogP contribution in [-0.4, -0.2) is 91.6 Å². The van der Waals surface area contributed by atoms with E-state index in [0.29, 0.717) is 32.4 Å². The summed E-state index contributed by atoms with van der Waals surface area (Å²) < 4.78 is 0. The summed E-state index contributed by atoms with van der Waals surface area (Å²) in [6, 6.07) is 8.02. The van der Waals surface area contributed by atoms with Crippen molar-refractivity contribution in [3.8, 4) is 0 Å². The average molecular weight is 600 g/mol. The molecule has 1 aromatic rings. The van der Waals surface area contributed by atoms with E-state index in [1.165, 1.54) is 12.2 Å². The maximum atomic E-state index is 12.8. The van der Waals surface area contributed by atoms with Gasteiger partial charge in [-0.3, -0.25) is 38.5 Å². The molecule has 0 spiro atoms. The lowest BCUT2D eigenvalue weighted by Gasteiger charge is -2.19. The van der Waals surface area contributed by atoms with E-state index in [-0.39, 0.29) is 56.1 Å². The number of hydrogen-bond donors (Lipinski definition) is 6. The molecule has 0 bridgehead atoms. The molecule has 0 aliphatic carbocycles. The lowest BCUT2D eigenvalue weighted by atomic mass is 10.1. The van der Waals surface area contributed by atoms with E-state index in [9.17, 15) is 33.6 Å². The fourth-order valence-electron chi connectivity index (χ4n) is 4.05. The number of rotatable bonds is 20. The number of carbonyl (C=O) groups excluding carboxylic acids is 7. The molecule has 1 atom stereocenters. The molecule has 0 fully saturated rings. The van der Waals surface area contributed by atoms with Gasteiger partial charge in [-0.1, -0.05) is 36.8 Å². The minimum absolute atomic E-state index is 0.163. The molecule has 0 saturated carbocycles. The van der Waals surface area contributed by atoms with Crippen LogP contribution in [-0.2, 0) is 40.0 Å².